The summed E-state index contributed by atoms with van der Waals surface area (Å²) < 4.78 is 0.996. The van der Waals surface area contributed by atoms with Crippen LogP contribution in [-0.4, -0.2) is 0 Å². The highest BCUT2D eigenvalue weighted by Gasteiger charge is 1.95. The maximum Gasteiger partial charge on any atom is 0.0326 e. The molecule has 0 N–H and O–H groups in total. The van der Waals surface area contributed by atoms with Crippen molar-refractivity contribution >= 4 is 22.0 Å². The molecule has 0 aliphatic rings. The SMILES string of the molecule is C#Cc1cc(Br)ccc1C=C. The molecule has 0 aliphatic heterocycles. The van der Waals surface area contributed by atoms with E-state index in [9.17, 15) is 0 Å². The van der Waals surface area contributed by atoms with Crippen molar-refractivity contribution in [2.24, 2.45) is 0 Å². The molecule has 0 aromatic heterocycles. The van der Waals surface area contributed by atoms with Crippen molar-refractivity contribution in [2.45, 2.75) is 0 Å². The molecule has 0 heterocycles. The summed E-state index contributed by atoms with van der Waals surface area (Å²) >= 11 is 3.34. The highest BCUT2D eigenvalue weighted by atomic mass is 79.9. The van der Waals surface area contributed by atoms with Gasteiger partial charge in [0.15, 0.2) is 0 Å². The lowest BCUT2D eigenvalue weighted by Gasteiger charge is -1.97. The van der Waals surface area contributed by atoms with Crippen LogP contribution < -0.4 is 0 Å². The van der Waals surface area contributed by atoms with E-state index >= 15 is 0 Å². The summed E-state index contributed by atoms with van der Waals surface area (Å²) in [4.78, 5) is 0. The van der Waals surface area contributed by atoms with Crippen LogP contribution in [-0.2, 0) is 0 Å². The third-order valence-corrected chi connectivity index (χ3v) is 1.88. The van der Waals surface area contributed by atoms with Crippen LogP contribution in [0.4, 0.5) is 0 Å². The normalized spacial score (nSPS) is 8.73. The highest BCUT2D eigenvalue weighted by molar-refractivity contribution is 9.10. The van der Waals surface area contributed by atoms with E-state index in [1.54, 1.807) is 6.08 Å². The molecule has 0 spiro atoms. The first kappa shape index (κ1) is 8.10. The van der Waals surface area contributed by atoms with E-state index in [1.807, 2.05) is 18.2 Å². The van der Waals surface area contributed by atoms with Gasteiger partial charge in [-0.15, -0.1) is 6.42 Å². The fourth-order valence-corrected chi connectivity index (χ4v) is 1.19. The Morgan fingerprint density at radius 1 is 1.55 bits per heavy atom. The van der Waals surface area contributed by atoms with E-state index in [1.165, 1.54) is 0 Å². The van der Waals surface area contributed by atoms with E-state index < -0.39 is 0 Å². The number of terminal acetylenes is 1. The lowest BCUT2D eigenvalue weighted by Crippen LogP contribution is -1.80. The van der Waals surface area contributed by atoms with E-state index in [4.69, 9.17) is 6.42 Å². The van der Waals surface area contributed by atoms with Gasteiger partial charge >= 0.3 is 0 Å². The third-order valence-electron chi connectivity index (χ3n) is 1.39. The van der Waals surface area contributed by atoms with Crippen molar-refractivity contribution < 1.29 is 0 Å². The van der Waals surface area contributed by atoms with Crippen LogP contribution >= 0.6 is 15.9 Å². The first-order chi connectivity index (χ1) is 5.27. The average molecular weight is 207 g/mol. The van der Waals surface area contributed by atoms with Crippen molar-refractivity contribution in [3.05, 3.63) is 40.4 Å². The van der Waals surface area contributed by atoms with Crippen molar-refractivity contribution in [3.8, 4) is 12.3 Å². The van der Waals surface area contributed by atoms with E-state index in [0.717, 1.165) is 15.6 Å². The second-order valence-electron chi connectivity index (χ2n) is 2.08. The van der Waals surface area contributed by atoms with Gasteiger partial charge in [-0.05, 0) is 17.7 Å². The molecule has 1 rings (SSSR count). The number of hydrogen-bond acceptors (Lipinski definition) is 0. The molecular formula is C10H7Br. The molecule has 1 aromatic rings. The van der Waals surface area contributed by atoms with E-state index in [-0.39, 0.29) is 0 Å². The zero-order chi connectivity index (χ0) is 8.27. The van der Waals surface area contributed by atoms with Gasteiger partial charge in [-0.1, -0.05) is 40.6 Å². The van der Waals surface area contributed by atoms with Gasteiger partial charge in [0.25, 0.3) is 0 Å². The Bertz CT molecular complexity index is 318. The number of benzene rings is 1. The molecule has 1 aromatic carbocycles. The van der Waals surface area contributed by atoms with Crippen LogP contribution in [0.25, 0.3) is 6.08 Å². The molecule has 0 unspecified atom stereocenters. The largest absolute Gasteiger partial charge is 0.115 e. The maximum absolute atomic E-state index is 5.28. The summed E-state index contributed by atoms with van der Waals surface area (Å²) in [6.45, 7) is 3.66. The van der Waals surface area contributed by atoms with Crippen molar-refractivity contribution in [1.82, 2.24) is 0 Å². The number of hydrogen-bond donors (Lipinski definition) is 0. The lowest BCUT2D eigenvalue weighted by molar-refractivity contribution is 1.57. The first-order valence-corrected chi connectivity index (χ1v) is 3.96. The summed E-state index contributed by atoms with van der Waals surface area (Å²) in [6, 6.07) is 5.78. The van der Waals surface area contributed by atoms with Gasteiger partial charge in [0.2, 0.25) is 0 Å². The fourth-order valence-electron chi connectivity index (χ4n) is 0.831. The number of halogens is 1. The third kappa shape index (κ3) is 1.72. The van der Waals surface area contributed by atoms with E-state index in [0.29, 0.717) is 0 Å². The summed E-state index contributed by atoms with van der Waals surface area (Å²) in [5.41, 5.74) is 1.87. The Balaban J connectivity index is 3.30. The topological polar surface area (TPSA) is 0 Å². The van der Waals surface area contributed by atoms with Gasteiger partial charge in [0, 0.05) is 10.0 Å². The Hall–Kier alpha value is -1.00. The maximum atomic E-state index is 5.28. The quantitative estimate of drug-likeness (QED) is 0.620. The predicted octanol–water partition coefficient (Wildman–Crippen LogP) is 3.07. The van der Waals surface area contributed by atoms with Crippen LogP contribution in [0.15, 0.2) is 29.3 Å². The highest BCUT2D eigenvalue weighted by Crippen LogP contribution is 2.16. The molecule has 0 atom stereocenters. The molecule has 0 saturated heterocycles. The molecule has 0 fully saturated rings. The zero-order valence-electron chi connectivity index (χ0n) is 5.97. The second-order valence-corrected chi connectivity index (χ2v) is 3.00. The first-order valence-electron chi connectivity index (χ1n) is 3.16. The molecule has 11 heavy (non-hydrogen) atoms. The molecule has 0 amide bonds. The minimum absolute atomic E-state index is 0.870. The summed E-state index contributed by atoms with van der Waals surface area (Å²) in [7, 11) is 0. The molecule has 54 valence electrons. The van der Waals surface area contributed by atoms with Crippen LogP contribution in [0.2, 0.25) is 0 Å². The van der Waals surface area contributed by atoms with Gasteiger partial charge in [-0.25, -0.2) is 0 Å². The summed E-state index contributed by atoms with van der Waals surface area (Å²) in [5, 5.41) is 0. The minimum atomic E-state index is 0.870. The molecular weight excluding hydrogens is 200 g/mol. The van der Waals surface area contributed by atoms with E-state index in [2.05, 4.69) is 28.4 Å². The van der Waals surface area contributed by atoms with Gasteiger partial charge in [-0.2, -0.15) is 0 Å². The van der Waals surface area contributed by atoms with Crippen molar-refractivity contribution in [3.63, 3.8) is 0 Å². The minimum Gasteiger partial charge on any atom is -0.115 e. The molecule has 0 radical (unpaired) electrons. The van der Waals surface area contributed by atoms with Gasteiger partial charge in [-0.3, -0.25) is 0 Å². The molecule has 0 saturated carbocycles. The van der Waals surface area contributed by atoms with Crippen LogP contribution in [0, 0.1) is 12.3 Å². The number of rotatable bonds is 1. The zero-order valence-corrected chi connectivity index (χ0v) is 7.56. The predicted molar refractivity (Wildman–Crippen MR) is 52.2 cm³/mol. The van der Waals surface area contributed by atoms with Crippen molar-refractivity contribution in [1.29, 1.82) is 0 Å². The fraction of sp³-hybridized carbons (Fsp3) is 0. The van der Waals surface area contributed by atoms with Crippen LogP contribution in [0.5, 0.6) is 0 Å². The second kappa shape index (κ2) is 3.41. The van der Waals surface area contributed by atoms with Gasteiger partial charge < -0.3 is 0 Å². The summed E-state index contributed by atoms with van der Waals surface area (Å²) in [5.74, 6) is 2.59. The molecule has 1 heteroatoms. The Morgan fingerprint density at radius 2 is 2.27 bits per heavy atom. The van der Waals surface area contributed by atoms with Crippen LogP contribution in [0.3, 0.4) is 0 Å². The lowest BCUT2D eigenvalue weighted by atomic mass is 10.1. The summed E-state index contributed by atoms with van der Waals surface area (Å²) in [6.07, 6.45) is 7.03. The molecule has 0 bridgehead atoms. The Labute approximate surface area is 75.1 Å². The standard InChI is InChI=1S/C10H7Br/c1-3-8-5-6-10(11)7-9(8)4-2/h2-3,5-7H,1H2. The van der Waals surface area contributed by atoms with Crippen molar-refractivity contribution in [2.75, 3.05) is 0 Å². The van der Waals surface area contributed by atoms with Gasteiger partial charge in [0.05, 0.1) is 0 Å². The molecule has 0 nitrogen and oxygen atoms in total. The Morgan fingerprint density at radius 3 is 2.82 bits per heavy atom. The van der Waals surface area contributed by atoms with Gasteiger partial charge in [0.1, 0.15) is 0 Å². The monoisotopic (exact) mass is 206 g/mol. The Kier molecular flexibility index (Phi) is 2.51. The van der Waals surface area contributed by atoms with Crippen LogP contribution in [0.1, 0.15) is 11.1 Å². The smallest absolute Gasteiger partial charge is 0.0326 e. The molecule has 0 aliphatic carbocycles. The average Bonchev–Trinajstić information content (AvgIpc) is 2.04.